The minimum absolute atomic E-state index is 0.177. The Labute approximate surface area is 112 Å². The molecule has 104 valence electrons. The number of ketones is 1. The van der Waals surface area contributed by atoms with Crippen molar-refractivity contribution in [3.05, 3.63) is 32.2 Å². The maximum Gasteiger partial charge on any atom is 0.332 e. The summed E-state index contributed by atoms with van der Waals surface area (Å²) in [6.45, 7) is 3.16. The number of carbonyl (C=O) groups excluding carboxylic acids is 1. The second-order valence-electron chi connectivity index (χ2n) is 4.80. The molecule has 0 unspecified atom stereocenters. The van der Waals surface area contributed by atoms with Gasteiger partial charge < -0.3 is 4.98 Å². The molecule has 0 atom stereocenters. The van der Waals surface area contributed by atoms with E-state index in [0.717, 1.165) is 4.57 Å². The van der Waals surface area contributed by atoms with Crippen LogP contribution in [0.5, 0.6) is 0 Å². The van der Waals surface area contributed by atoms with Crippen molar-refractivity contribution >= 4 is 22.7 Å². The number of hydrogen-bond acceptors (Lipinski definition) is 4. The number of rotatable bonds is 1. The van der Waals surface area contributed by atoms with Crippen molar-refractivity contribution in [2.24, 2.45) is 14.1 Å². The number of carbonyl (C=O) groups is 1. The van der Waals surface area contributed by atoms with Gasteiger partial charge in [-0.1, -0.05) is 0 Å². The molecule has 3 rings (SSSR count). The predicted molar refractivity (Wildman–Crippen MR) is 72.3 cm³/mol. The first-order valence-corrected chi connectivity index (χ1v) is 6.02. The zero-order chi connectivity index (χ0) is 14.8. The van der Waals surface area contributed by atoms with Crippen molar-refractivity contribution in [2.75, 3.05) is 0 Å². The molecule has 1 N–H and O–H groups in total. The quantitative estimate of drug-likeness (QED) is 0.618. The molecule has 20 heavy (non-hydrogen) atoms. The summed E-state index contributed by atoms with van der Waals surface area (Å²) in [4.78, 5) is 43.2. The van der Waals surface area contributed by atoms with Gasteiger partial charge >= 0.3 is 5.69 Å². The van der Waals surface area contributed by atoms with Crippen LogP contribution in [0, 0.1) is 6.92 Å². The lowest BCUT2D eigenvalue weighted by Crippen LogP contribution is -2.37. The van der Waals surface area contributed by atoms with Gasteiger partial charge in [0.05, 0.1) is 0 Å². The number of imidazole rings is 2. The van der Waals surface area contributed by atoms with Crippen LogP contribution in [0.1, 0.15) is 23.1 Å². The van der Waals surface area contributed by atoms with Crippen molar-refractivity contribution in [2.45, 2.75) is 13.8 Å². The van der Waals surface area contributed by atoms with Gasteiger partial charge in [0.1, 0.15) is 5.69 Å². The Morgan fingerprint density at radius 1 is 1.20 bits per heavy atom. The monoisotopic (exact) mass is 275 g/mol. The Kier molecular flexibility index (Phi) is 2.28. The molecule has 0 radical (unpaired) electrons. The SMILES string of the molecule is CC(=O)c1c(C)[nH]c2nc3c(c(=O)n(C)c(=O)n3C)n12. The predicted octanol–water partition coefficient (Wildman–Crippen LogP) is -0.276. The van der Waals surface area contributed by atoms with E-state index in [9.17, 15) is 14.4 Å². The summed E-state index contributed by atoms with van der Waals surface area (Å²) in [5.41, 5.74) is 0.559. The van der Waals surface area contributed by atoms with E-state index >= 15 is 0 Å². The summed E-state index contributed by atoms with van der Waals surface area (Å²) >= 11 is 0. The average molecular weight is 275 g/mol. The number of aromatic amines is 1. The summed E-state index contributed by atoms with van der Waals surface area (Å²) in [6, 6.07) is 0. The third-order valence-electron chi connectivity index (χ3n) is 3.47. The van der Waals surface area contributed by atoms with Gasteiger partial charge in [-0.25, -0.2) is 4.79 Å². The number of aryl methyl sites for hydroxylation is 2. The van der Waals surface area contributed by atoms with Gasteiger partial charge in [0.2, 0.25) is 5.78 Å². The second-order valence-corrected chi connectivity index (χ2v) is 4.80. The first kappa shape index (κ1) is 12.4. The summed E-state index contributed by atoms with van der Waals surface area (Å²) in [5, 5.41) is 0. The van der Waals surface area contributed by atoms with Gasteiger partial charge in [0, 0.05) is 26.7 Å². The lowest BCUT2D eigenvalue weighted by molar-refractivity contribution is 0.101. The molecule has 0 bridgehead atoms. The summed E-state index contributed by atoms with van der Waals surface area (Å²) in [5.74, 6) is 0.199. The van der Waals surface area contributed by atoms with Gasteiger partial charge in [-0.05, 0) is 6.92 Å². The normalized spacial score (nSPS) is 11.6. The lowest BCUT2D eigenvalue weighted by atomic mass is 10.2. The van der Waals surface area contributed by atoms with E-state index in [1.54, 1.807) is 6.92 Å². The van der Waals surface area contributed by atoms with Crippen molar-refractivity contribution in [3.63, 3.8) is 0 Å². The molecule has 0 aliphatic rings. The third kappa shape index (κ3) is 1.30. The van der Waals surface area contributed by atoms with E-state index in [4.69, 9.17) is 0 Å². The maximum absolute atomic E-state index is 12.3. The van der Waals surface area contributed by atoms with Crippen molar-refractivity contribution in [3.8, 4) is 0 Å². The van der Waals surface area contributed by atoms with Crippen LogP contribution in [0.4, 0.5) is 0 Å². The van der Waals surface area contributed by atoms with Crippen LogP contribution in [-0.2, 0) is 14.1 Å². The highest BCUT2D eigenvalue weighted by molar-refractivity contribution is 5.96. The standard InChI is InChI=1S/C12H13N5O3/c1-5-7(6(2)18)17-8-9(14-11(17)13-5)15(3)12(20)16(4)10(8)19/h1-4H3,(H,13,14). The highest BCUT2D eigenvalue weighted by Gasteiger charge is 2.21. The van der Waals surface area contributed by atoms with Gasteiger partial charge in [0.25, 0.3) is 5.56 Å². The highest BCUT2D eigenvalue weighted by Crippen LogP contribution is 2.17. The van der Waals surface area contributed by atoms with Crippen LogP contribution in [0.25, 0.3) is 16.9 Å². The van der Waals surface area contributed by atoms with E-state index in [1.807, 2.05) is 0 Å². The molecule has 0 fully saturated rings. The molecule has 0 spiro atoms. The van der Waals surface area contributed by atoms with Gasteiger partial charge in [-0.15, -0.1) is 0 Å². The number of nitrogens with one attached hydrogen (secondary N) is 1. The molecule has 3 heterocycles. The number of Topliss-reactive ketones (excluding diaryl/α,β-unsaturated/α-hetero) is 1. The molecule has 0 aromatic carbocycles. The second kappa shape index (κ2) is 3.69. The van der Waals surface area contributed by atoms with E-state index in [2.05, 4.69) is 9.97 Å². The number of fused-ring (bicyclic) bond motifs is 3. The first-order valence-electron chi connectivity index (χ1n) is 6.02. The van der Waals surface area contributed by atoms with Crippen molar-refractivity contribution in [1.82, 2.24) is 23.5 Å². The van der Waals surface area contributed by atoms with Crippen LogP contribution >= 0.6 is 0 Å². The molecule has 3 aromatic rings. The fourth-order valence-corrected chi connectivity index (χ4v) is 2.51. The third-order valence-corrected chi connectivity index (χ3v) is 3.47. The Morgan fingerprint density at radius 2 is 1.85 bits per heavy atom. The van der Waals surface area contributed by atoms with Crippen LogP contribution in [0.2, 0.25) is 0 Å². The number of nitrogens with zero attached hydrogens (tertiary/aromatic N) is 4. The molecule has 0 aliphatic carbocycles. The average Bonchev–Trinajstić information content (AvgIpc) is 2.87. The Morgan fingerprint density at radius 3 is 2.45 bits per heavy atom. The largest absolute Gasteiger partial charge is 0.332 e. The zero-order valence-electron chi connectivity index (χ0n) is 11.5. The van der Waals surface area contributed by atoms with E-state index < -0.39 is 11.2 Å². The molecule has 8 nitrogen and oxygen atoms in total. The fourth-order valence-electron chi connectivity index (χ4n) is 2.51. The number of aromatic nitrogens is 5. The molecular weight excluding hydrogens is 262 g/mol. The van der Waals surface area contributed by atoms with Crippen molar-refractivity contribution < 1.29 is 4.79 Å². The smallest absolute Gasteiger partial charge is 0.327 e. The number of hydrogen-bond donors (Lipinski definition) is 1. The first-order chi connectivity index (χ1) is 9.34. The number of H-pyrrole nitrogens is 1. The molecule has 8 heteroatoms. The van der Waals surface area contributed by atoms with Crippen LogP contribution in [0.15, 0.2) is 9.59 Å². The molecule has 0 saturated carbocycles. The summed E-state index contributed by atoms with van der Waals surface area (Å²) in [7, 11) is 2.94. The van der Waals surface area contributed by atoms with Gasteiger partial charge in [0.15, 0.2) is 16.9 Å². The Bertz CT molecular complexity index is 998. The Hall–Kier alpha value is -2.64. The van der Waals surface area contributed by atoms with Crippen LogP contribution < -0.4 is 11.2 Å². The highest BCUT2D eigenvalue weighted by atomic mass is 16.2. The van der Waals surface area contributed by atoms with Gasteiger partial charge in [-0.2, -0.15) is 4.98 Å². The minimum Gasteiger partial charge on any atom is -0.327 e. The van der Waals surface area contributed by atoms with Crippen molar-refractivity contribution in [1.29, 1.82) is 0 Å². The fraction of sp³-hybridized carbons (Fsp3) is 0.333. The summed E-state index contributed by atoms with van der Waals surface area (Å²) < 4.78 is 3.77. The lowest BCUT2D eigenvalue weighted by Gasteiger charge is -2.03. The topological polar surface area (TPSA) is 94.2 Å². The molecule has 0 amide bonds. The van der Waals surface area contributed by atoms with Gasteiger partial charge in [-0.3, -0.25) is 23.1 Å². The zero-order valence-corrected chi connectivity index (χ0v) is 11.5. The van der Waals surface area contributed by atoms with E-state index in [-0.39, 0.29) is 16.9 Å². The molecule has 0 saturated heterocycles. The van der Waals surface area contributed by atoms with Crippen LogP contribution in [-0.4, -0.2) is 29.3 Å². The molecule has 0 aliphatic heterocycles. The maximum atomic E-state index is 12.3. The molecule has 3 aromatic heterocycles. The summed E-state index contributed by atoms with van der Waals surface area (Å²) in [6.07, 6.45) is 0. The van der Waals surface area contributed by atoms with E-state index in [1.165, 1.54) is 30.0 Å². The van der Waals surface area contributed by atoms with Crippen LogP contribution in [0.3, 0.4) is 0 Å². The van der Waals surface area contributed by atoms with E-state index in [0.29, 0.717) is 17.2 Å². The minimum atomic E-state index is -0.475. The molecular formula is C12H13N5O3. The Balaban J connectivity index is 2.73.